The molecule has 0 atom stereocenters. The Labute approximate surface area is 111 Å². The van der Waals surface area contributed by atoms with E-state index in [0.29, 0.717) is 0 Å². The Morgan fingerprint density at radius 3 is 1.83 bits per heavy atom. The molecular weight excluding hydrogens is 222 g/mol. The second-order valence-electron chi connectivity index (χ2n) is 5.37. The second-order valence-corrected chi connectivity index (χ2v) is 5.37. The Morgan fingerprint density at radius 2 is 1.28 bits per heavy atom. The van der Waals surface area contributed by atoms with Gasteiger partial charge in [-0.2, -0.15) is 0 Å². The van der Waals surface area contributed by atoms with Crippen LogP contribution in [-0.4, -0.2) is 68.1 Å². The maximum absolute atomic E-state index is 2.56. The summed E-state index contributed by atoms with van der Waals surface area (Å²) in [6, 6.07) is 10.8. The summed E-state index contributed by atoms with van der Waals surface area (Å²) in [5.74, 6) is 0. The Balaban J connectivity index is 1.93. The summed E-state index contributed by atoms with van der Waals surface area (Å²) < 4.78 is 0. The van der Waals surface area contributed by atoms with E-state index in [1.165, 1.54) is 44.8 Å². The lowest BCUT2D eigenvalue weighted by atomic mass is 10.2. The van der Waals surface area contributed by atoms with Gasteiger partial charge in [0.05, 0.1) is 0 Å². The summed E-state index contributed by atoms with van der Waals surface area (Å²) in [6.07, 6.45) is 0. The molecule has 3 heteroatoms. The van der Waals surface area contributed by atoms with Gasteiger partial charge in [0, 0.05) is 45.8 Å². The highest BCUT2D eigenvalue weighted by Crippen LogP contribution is 2.05. The van der Waals surface area contributed by atoms with Crippen LogP contribution in [0.2, 0.25) is 0 Å². The average molecular weight is 247 g/mol. The van der Waals surface area contributed by atoms with Crippen molar-refractivity contribution in [3.8, 4) is 0 Å². The Kier molecular flexibility index (Phi) is 5.17. The first-order chi connectivity index (χ1) is 8.74. The first-order valence-corrected chi connectivity index (χ1v) is 6.87. The molecule has 18 heavy (non-hydrogen) atoms. The minimum atomic E-state index is 1.07. The molecule has 0 bridgehead atoms. The molecule has 1 saturated heterocycles. The van der Waals surface area contributed by atoms with Crippen LogP contribution in [0, 0.1) is 0 Å². The molecule has 0 aromatic heterocycles. The van der Waals surface area contributed by atoms with Crippen molar-refractivity contribution in [3.05, 3.63) is 35.9 Å². The van der Waals surface area contributed by atoms with E-state index < -0.39 is 0 Å². The van der Waals surface area contributed by atoms with Gasteiger partial charge in [-0.1, -0.05) is 30.3 Å². The summed E-state index contributed by atoms with van der Waals surface area (Å²) in [6.45, 7) is 8.09. The van der Waals surface area contributed by atoms with E-state index in [0.717, 1.165) is 6.54 Å². The molecule has 0 saturated carbocycles. The van der Waals surface area contributed by atoms with Crippen molar-refractivity contribution in [2.45, 2.75) is 6.54 Å². The lowest BCUT2D eigenvalue weighted by molar-refractivity contribution is 0.228. The van der Waals surface area contributed by atoms with E-state index in [-0.39, 0.29) is 0 Å². The summed E-state index contributed by atoms with van der Waals surface area (Å²) >= 11 is 0. The van der Waals surface area contributed by atoms with Crippen molar-refractivity contribution >= 4 is 0 Å². The van der Waals surface area contributed by atoms with Crippen molar-refractivity contribution in [1.82, 2.24) is 14.7 Å². The highest BCUT2D eigenvalue weighted by Gasteiger charge is 2.12. The number of hydrogen-bond donors (Lipinski definition) is 0. The van der Waals surface area contributed by atoms with Crippen molar-refractivity contribution in [2.24, 2.45) is 0 Å². The summed E-state index contributed by atoms with van der Waals surface area (Å²) in [5, 5.41) is 0. The highest BCUT2D eigenvalue weighted by molar-refractivity contribution is 5.14. The Morgan fingerprint density at radius 1 is 0.778 bits per heavy atom. The molecule has 1 aliphatic heterocycles. The van der Waals surface area contributed by atoms with Crippen LogP contribution in [0.1, 0.15) is 5.56 Å². The number of nitrogens with zero attached hydrogens (tertiary/aromatic N) is 3. The van der Waals surface area contributed by atoms with Crippen LogP contribution in [0.15, 0.2) is 30.3 Å². The fourth-order valence-electron chi connectivity index (χ4n) is 2.30. The minimum Gasteiger partial charge on any atom is -0.304 e. The molecule has 0 amide bonds. The average Bonchev–Trinajstić information content (AvgIpc) is 2.46. The molecule has 0 radical (unpaired) electrons. The van der Waals surface area contributed by atoms with Crippen LogP contribution >= 0.6 is 0 Å². The molecule has 1 aliphatic rings. The first kappa shape index (κ1) is 13.5. The molecule has 1 heterocycles. The quantitative estimate of drug-likeness (QED) is 0.781. The largest absolute Gasteiger partial charge is 0.304 e. The third-order valence-corrected chi connectivity index (χ3v) is 3.71. The third kappa shape index (κ3) is 4.41. The van der Waals surface area contributed by atoms with Crippen molar-refractivity contribution < 1.29 is 0 Å². The maximum Gasteiger partial charge on any atom is 0.0234 e. The third-order valence-electron chi connectivity index (χ3n) is 3.71. The smallest absolute Gasteiger partial charge is 0.0234 e. The van der Waals surface area contributed by atoms with Gasteiger partial charge >= 0.3 is 0 Å². The topological polar surface area (TPSA) is 9.72 Å². The molecule has 3 nitrogen and oxygen atoms in total. The van der Waals surface area contributed by atoms with Crippen LogP contribution in [-0.2, 0) is 6.54 Å². The van der Waals surface area contributed by atoms with Crippen LogP contribution in [0.4, 0.5) is 0 Å². The molecule has 0 spiro atoms. The van der Waals surface area contributed by atoms with Crippen LogP contribution in [0.25, 0.3) is 0 Å². The normalized spacial score (nSPS) is 21.2. The SMILES string of the molecule is CN1CCN(C)CCN(Cc2ccccc2)CC1. The molecule has 2 rings (SSSR count). The molecule has 0 aliphatic carbocycles. The zero-order valence-corrected chi connectivity index (χ0v) is 11.7. The number of benzene rings is 1. The lowest BCUT2D eigenvalue weighted by Crippen LogP contribution is -2.34. The van der Waals surface area contributed by atoms with Gasteiger partial charge in [0.25, 0.3) is 0 Å². The molecule has 0 N–H and O–H groups in total. The van der Waals surface area contributed by atoms with Gasteiger partial charge in [0.15, 0.2) is 0 Å². The fraction of sp³-hybridized carbons (Fsp3) is 0.600. The summed E-state index contributed by atoms with van der Waals surface area (Å²) in [7, 11) is 4.44. The van der Waals surface area contributed by atoms with Crippen molar-refractivity contribution in [2.75, 3.05) is 53.4 Å². The van der Waals surface area contributed by atoms with E-state index in [9.17, 15) is 0 Å². The zero-order chi connectivity index (χ0) is 12.8. The van der Waals surface area contributed by atoms with Crippen molar-refractivity contribution in [1.29, 1.82) is 0 Å². The van der Waals surface area contributed by atoms with Gasteiger partial charge in [-0.3, -0.25) is 4.90 Å². The van der Waals surface area contributed by atoms with Gasteiger partial charge in [0.2, 0.25) is 0 Å². The minimum absolute atomic E-state index is 1.07. The Hall–Kier alpha value is -0.900. The summed E-state index contributed by atoms with van der Waals surface area (Å²) in [5.41, 5.74) is 1.42. The van der Waals surface area contributed by atoms with Gasteiger partial charge in [0.1, 0.15) is 0 Å². The van der Waals surface area contributed by atoms with E-state index in [4.69, 9.17) is 0 Å². The molecule has 1 fully saturated rings. The maximum atomic E-state index is 2.56. The van der Waals surface area contributed by atoms with E-state index in [1.54, 1.807) is 0 Å². The van der Waals surface area contributed by atoms with Gasteiger partial charge in [-0.15, -0.1) is 0 Å². The van der Waals surface area contributed by atoms with Crippen LogP contribution < -0.4 is 0 Å². The van der Waals surface area contributed by atoms with E-state index >= 15 is 0 Å². The molecule has 1 aromatic rings. The van der Waals surface area contributed by atoms with Crippen LogP contribution in [0.3, 0.4) is 0 Å². The monoisotopic (exact) mass is 247 g/mol. The standard InChI is InChI=1S/C15H25N3/c1-16-8-9-17(2)11-13-18(12-10-16)14-15-6-4-3-5-7-15/h3-7H,8-14H2,1-2H3. The fourth-order valence-corrected chi connectivity index (χ4v) is 2.30. The molecule has 1 aromatic carbocycles. The number of rotatable bonds is 2. The predicted molar refractivity (Wildman–Crippen MR) is 76.7 cm³/mol. The van der Waals surface area contributed by atoms with Gasteiger partial charge < -0.3 is 9.80 Å². The molecule has 100 valence electrons. The number of likely N-dealkylation sites (N-methyl/N-ethyl adjacent to an activating group) is 2. The van der Waals surface area contributed by atoms with Gasteiger partial charge in [-0.05, 0) is 19.7 Å². The van der Waals surface area contributed by atoms with Gasteiger partial charge in [-0.25, -0.2) is 0 Å². The first-order valence-electron chi connectivity index (χ1n) is 6.87. The predicted octanol–water partition coefficient (Wildman–Crippen LogP) is 1.37. The lowest BCUT2D eigenvalue weighted by Gasteiger charge is -2.24. The van der Waals surface area contributed by atoms with E-state index in [1.807, 2.05) is 0 Å². The highest BCUT2D eigenvalue weighted by atomic mass is 15.2. The molecule has 0 unspecified atom stereocenters. The molecular formula is C15H25N3. The second kappa shape index (κ2) is 6.88. The summed E-state index contributed by atoms with van der Waals surface area (Å²) in [4.78, 5) is 7.42. The van der Waals surface area contributed by atoms with Crippen LogP contribution in [0.5, 0.6) is 0 Å². The Bertz CT molecular complexity index is 325. The zero-order valence-electron chi connectivity index (χ0n) is 11.7. The van der Waals surface area contributed by atoms with Crippen molar-refractivity contribution in [3.63, 3.8) is 0 Å². The van der Waals surface area contributed by atoms with E-state index in [2.05, 4.69) is 59.1 Å². The number of hydrogen-bond acceptors (Lipinski definition) is 3.